The molecule has 2 aromatic rings. The lowest BCUT2D eigenvalue weighted by Gasteiger charge is -2.49. The second-order valence-electron chi connectivity index (χ2n) is 10.6. The van der Waals surface area contributed by atoms with Gasteiger partial charge >= 0.3 is 5.69 Å². The van der Waals surface area contributed by atoms with Crippen molar-refractivity contribution in [3.8, 4) is 0 Å². The monoisotopic (exact) mass is 435 g/mol. The van der Waals surface area contributed by atoms with E-state index < -0.39 is 0 Å². The number of anilines is 1. The molecule has 0 aliphatic carbocycles. The summed E-state index contributed by atoms with van der Waals surface area (Å²) in [5.41, 5.74) is 1.63. The Kier molecular flexibility index (Phi) is 5.04. The largest absolute Gasteiger partial charge is 0.336 e. The predicted octanol–water partition coefficient (Wildman–Crippen LogP) is 2.91. The average Bonchev–Trinajstić information content (AvgIpc) is 3.19. The summed E-state index contributed by atoms with van der Waals surface area (Å²) in [6.07, 6.45) is 6.41. The number of hydrogen-bond acceptors (Lipinski definition) is 4. The van der Waals surface area contributed by atoms with E-state index in [1.54, 1.807) is 4.57 Å². The number of hydrogen-bond donors (Lipinski definition) is 1. The minimum Gasteiger partial charge on any atom is -0.336 e. The van der Waals surface area contributed by atoms with Gasteiger partial charge in [0.15, 0.2) is 0 Å². The Morgan fingerprint density at radius 2 is 1.75 bits per heavy atom. The third-order valence-corrected chi connectivity index (χ3v) is 6.92. The van der Waals surface area contributed by atoms with Crippen molar-refractivity contribution in [2.24, 2.45) is 12.5 Å². The number of fused-ring (bicyclic) bond motifs is 3. The van der Waals surface area contributed by atoms with Crippen LogP contribution in [0.15, 0.2) is 41.2 Å². The van der Waals surface area contributed by atoms with Gasteiger partial charge in [-0.05, 0) is 42.5 Å². The highest BCUT2D eigenvalue weighted by Gasteiger charge is 2.46. The Labute approximate surface area is 189 Å². The van der Waals surface area contributed by atoms with Crippen LogP contribution in [0.25, 0.3) is 6.08 Å². The molecule has 7 nitrogen and oxygen atoms in total. The summed E-state index contributed by atoms with van der Waals surface area (Å²) in [7, 11) is 1.84. The highest BCUT2D eigenvalue weighted by molar-refractivity contribution is 5.95. The lowest BCUT2D eigenvalue weighted by Crippen LogP contribution is -2.62. The minimum atomic E-state index is -0.0856. The molecule has 2 saturated heterocycles. The zero-order valence-electron chi connectivity index (χ0n) is 19.4. The van der Waals surface area contributed by atoms with Crippen LogP contribution in [-0.2, 0) is 7.05 Å². The third-order valence-electron chi connectivity index (χ3n) is 6.92. The number of rotatable bonds is 3. The highest BCUT2D eigenvalue weighted by atomic mass is 16.2. The lowest BCUT2D eigenvalue weighted by molar-refractivity contribution is 0.0350. The van der Waals surface area contributed by atoms with Gasteiger partial charge in [-0.2, -0.15) is 0 Å². The molecule has 3 atom stereocenters. The zero-order chi connectivity index (χ0) is 22.6. The third kappa shape index (κ3) is 3.58. The van der Waals surface area contributed by atoms with Crippen LogP contribution in [0.2, 0.25) is 0 Å². The number of aromatic nitrogens is 2. The Hall–Kier alpha value is -2.80. The van der Waals surface area contributed by atoms with E-state index in [9.17, 15) is 9.59 Å². The molecule has 0 radical (unpaired) electrons. The van der Waals surface area contributed by atoms with Crippen molar-refractivity contribution in [1.82, 2.24) is 19.4 Å². The number of piperazine rings is 1. The molecule has 0 saturated carbocycles. The molecule has 5 rings (SSSR count). The van der Waals surface area contributed by atoms with Crippen LogP contribution in [-0.4, -0.2) is 63.1 Å². The van der Waals surface area contributed by atoms with Crippen LogP contribution in [0, 0.1) is 5.41 Å². The Bertz CT molecular complexity index is 1080. The van der Waals surface area contributed by atoms with E-state index >= 15 is 0 Å². The second kappa shape index (κ2) is 7.66. The summed E-state index contributed by atoms with van der Waals surface area (Å²) in [5.74, 6) is 1.10. The summed E-state index contributed by atoms with van der Waals surface area (Å²) in [6, 6.07) is 10.1. The number of benzene rings is 1. The summed E-state index contributed by atoms with van der Waals surface area (Å²) < 4.78 is 1.72. The minimum absolute atomic E-state index is 0.0676. The van der Waals surface area contributed by atoms with Crippen LogP contribution in [0.4, 0.5) is 5.82 Å². The molecule has 1 N–H and O–H groups in total. The molecule has 2 bridgehead atoms. The normalized spacial score (nSPS) is 25.3. The van der Waals surface area contributed by atoms with Gasteiger partial charge in [0.2, 0.25) is 0 Å². The van der Waals surface area contributed by atoms with E-state index in [2.05, 4.69) is 46.5 Å². The standard InChI is InChI=1S/C25H33N5O2/c1-25(2,3)16-29-21(13-12-20-22(29)27(4)24(32)26-20)28-14-18-10-11-19(15-28)30(18)23(31)17-8-6-5-7-9-17/h5-9,12-13,18-19,21H,10-11,14-16H2,1-4H3,(H,26,32). The first-order chi connectivity index (χ1) is 15.2. The first-order valence-corrected chi connectivity index (χ1v) is 11.6. The second-order valence-corrected chi connectivity index (χ2v) is 10.6. The number of carbonyl (C=O) groups is 1. The van der Waals surface area contributed by atoms with Crippen LogP contribution >= 0.6 is 0 Å². The van der Waals surface area contributed by atoms with Gasteiger partial charge in [-0.15, -0.1) is 0 Å². The van der Waals surface area contributed by atoms with E-state index in [1.807, 2.05) is 43.5 Å². The molecule has 7 heteroatoms. The number of nitrogens with zero attached hydrogens (tertiary/aromatic N) is 4. The number of nitrogens with one attached hydrogen (secondary N) is 1. The SMILES string of the molecule is Cn1c2c([nH]c1=O)C=CC(N1CC3CCC(C1)N3C(=O)c1ccccc1)N2CC(C)(C)C. The Morgan fingerprint density at radius 3 is 2.38 bits per heavy atom. The van der Waals surface area contributed by atoms with E-state index in [0.29, 0.717) is 0 Å². The summed E-state index contributed by atoms with van der Waals surface area (Å²) in [4.78, 5) is 35.6. The fourth-order valence-corrected chi connectivity index (χ4v) is 5.62. The molecule has 1 aromatic carbocycles. The van der Waals surface area contributed by atoms with Gasteiger partial charge in [0.05, 0.1) is 5.69 Å². The molecule has 3 aliphatic rings. The van der Waals surface area contributed by atoms with Crippen molar-refractivity contribution in [1.29, 1.82) is 0 Å². The van der Waals surface area contributed by atoms with Crippen LogP contribution < -0.4 is 10.6 Å². The Balaban J connectivity index is 1.42. The maximum Gasteiger partial charge on any atom is 0.327 e. The lowest BCUT2D eigenvalue weighted by atomic mass is 9.94. The molecule has 3 unspecified atom stereocenters. The average molecular weight is 436 g/mol. The molecule has 2 fully saturated rings. The number of aromatic amines is 1. The van der Waals surface area contributed by atoms with E-state index in [-0.39, 0.29) is 35.3 Å². The zero-order valence-corrected chi connectivity index (χ0v) is 19.4. The van der Waals surface area contributed by atoms with E-state index in [0.717, 1.165) is 49.6 Å². The maximum absolute atomic E-state index is 13.2. The molecular weight excluding hydrogens is 402 g/mol. The number of imidazole rings is 1. The quantitative estimate of drug-likeness (QED) is 0.805. The van der Waals surface area contributed by atoms with Crippen molar-refractivity contribution in [2.75, 3.05) is 24.5 Å². The smallest absolute Gasteiger partial charge is 0.327 e. The number of H-pyrrole nitrogens is 1. The highest BCUT2D eigenvalue weighted by Crippen LogP contribution is 2.36. The van der Waals surface area contributed by atoms with Crippen molar-refractivity contribution in [3.05, 3.63) is 58.1 Å². The van der Waals surface area contributed by atoms with Crippen LogP contribution in [0.1, 0.15) is 49.7 Å². The number of likely N-dealkylation sites (tertiary alicyclic amines) is 1. The van der Waals surface area contributed by atoms with Gasteiger partial charge in [-0.1, -0.05) is 39.0 Å². The number of carbonyl (C=O) groups excluding carboxylic acids is 1. The topological polar surface area (TPSA) is 64.6 Å². The van der Waals surface area contributed by atoms with Crippen molar-refractivity contribution < 1.29 is 4.79 Å². The molecule has 3 aliphatic heterocycles. The van der Waals surface area contributed by atoms with Crippen LogP contribution in [0.5, 0.6) is 0 Å². The van der Waals surface area contributed by atoms with Crippen molar-refractivity contribution >= 4 is 17.8 Å². The summed E-state index contributed by atoms with van der Waals surface area (Å²) >= 11 is 0. The first kappa shape index (κ1) is 21.1. The van der Waals surface area contributed by atoms with E-state index in [1.165, 1.54) is 0 Å². The van der Waals surface area contributed by atoms with Gasteiger partial charge in [0, 0.05) is 44.3 Å². The summed E-state index contributed by atoms with van der Waals surface area (Å²) in [6.45, 7) is 9.21. The molecule has 4 heterocycles. The maximum atomic E-state index is 13.2. The number of amides is 1. The molecule has 0 spiro atoms. The van der Waals surface area contributed by atoms with Gasteiger partial charge in [0.1, 0.15) is 12.0 Å². The van der Waals surface area contributed by atoms with Gasteiger partial charge < -0.3 is 14.8 Å². The van der Waals surface area contributed by atoms with Gasteiger partial charge in [-0.25, -0.2) is 4.79 Å². The fraction of sp³-hybridized carbons (Fsp3) is 0.520. The first-order valence-electron chi connectivity index (χ1n) is 11.6. The van der Waals surface area contributed by atoms with Gasteiger partial charge in [0.25, 0.3) is 5.91 Å². The van der Waals surface area contributed by atoms with Crippen molar-refractivity contribution in [2.45, 2.75) is 51.9 Å². The Morgan fingerprint density at radius 1 is 1.09 bits per heavy atom. The van der Waals surface area contributed by atoms with Crippen molar-refractivity contribution in [3.63, 3.8) is 0 Å². The molecule has 32 heavy (non-hydrogen) atoms. The molecule has 1 aromatic heterocycles. The molecular formula is C25H33N5O2. The predicted molar refractivity (Wildman–Crippen MR) is 127 cm³/mol. The van der Waals surface area contributed by atoms with Gasteiger partial charge in [-0.3, -0.25) is 14.3 Å². The van der Waals surface area contributed by atoms with E-state index in [4.69, 9.17) is 0 Å². The van der Waals surface area contributed by atoms with Crippen LogP contribution in [0.3, 0.4) is 0 Å². The summed E-state index contributed by atoms with van der Waals surface area (Å²) in [5, 5.41) is 0. The molecule has 170 valence electrons. The molecule has 1 amide bonds. The fourth-order valence-electron chi connectivity index (χ4n) is 5.62.